The van der Waals surface area contributed by atoms with Gasteiger partial charge in [0.05, 0.1) is 5.57 Å². The second kappa shape index (κ2) is 15.7. The first-order chi connectivity index (χ1) is 13.1. The van der Waals surface area contributed by atoms with Gasteiger partial charge in [0.15, 0.2) is 5.57 Å². The molecule has 0 saturated heterocycles. The number of rotatable bonds is 5. The van der Waals surface area contributed by atoms with E-state index in [9.17, 15) is 28.8 Å². The molecule has 0 atom stereocenters. The summed E-state index contributed by atoms with van der Waals surface area (Å²) in [5.41, 5.74) is 7.77. The maximum atomic E-state index is 10.9. The first-order valence-electron chi connectivity index (χ1n) is 7.21. The van der Waals surface area contributed by atoms with Gasteiger partial charge in [-0.25, -0.2) is 19.2 Å². The number of likely N-dealkylation sites (N-methyl/N-ethyl adjacent to an activating group) is 1. The molecule has 0 aromatic carbocycles. The van der Waals surface area contributed by atoms with Crippen LogP contribution in [0.2, 0.25) is 0 Å². The van der Waals surface area contributed by atoms with Gasteiger partial charge in [-0.15, -0.1) is 0 Å². The van der Waals surface area contributed by atoms with E-state index in [0.717, 1.165) is 6.92 Å². The fraction of sp³-hybridized carbons (Fsp3) is 0.333. The minimum Gasteiger partial charge on any atom is -0.477 e. The van der Waals surface area contributed by atoms with Crippen molar-refractivity contribution in [1.82, 2.24) is 5.32 Å². The predicted octanol–water partition coefficient (Wildman–Crippen LogP) is -2.12. The summed E-state index contributed by atoms with van der Waals surface area (Å²) in [7, 11) is 4.28. The van der Waals surface area contributed by atoms with Crippen LogP contribution in [-0.4, -0.2) is 67.6 Å². The molecule has 13 heteroatoms. The molecule has 0 aromatic rings. The summed E-state index contributed by atoms with van der Waals surface area (Å²) < 4.78 is 8.30. The van der Waals surface area contributed by atoms with E-state index in [1.165, 1.54) is 28.1 Å². The Kier molecular flexibility index (Phi) is 16.3. The molecule has 1 aliphatic heterocycles. The maximum absolute atomic E-state index is 10.9. The Morgan fingerprint density at radius 1 is 1.04 bits per heavy atom. The summed E-state index contributed by atoms with van der Waals surface area (Å²) in [4.78, 5) is 62.6. The molecular formula is C15H23N3O10. The molecule has 28 heavy (non-hydrogen) atoms. The van der Waals surface area contributed by atoms with Crippen molar-refractivity contribution in [3.05, 3.63) is 22.5 Å². The molecular weight excluding hydrogens is 382 g/mol. The fourth-order valence-electron chi connectivity index (χ4n) is 1.35. The number of amides is 1. The minimum atomic E-state index is -1.63. The number of esters is 2. The molecule has 1 amide bonds. The van der Waals surface area contributed by atoms with E-state index in [4.69, 9.17) is 10.2 Å². The van der Waals surface area contributed by atoms with Crippen LogP contribution in [0.4, 0.5) is 0 Å². The van der Waals surface area contributed by atoms with Gasteiger partial charge in [0, 0.05) is 12.6 Å². The van der Waals surface area contributed by atoms with Crippen LogP contribution in [-0.2, 0) is 38.2 Å². The Morgan fingerprint density at radius 2 is 1.46 bits per heavy atom. The predicted molar refractivity (Wildman–Crippen MR) is 93.2 cm³/mol. The van der Waals surface area contributed by atoms with E-state index in [1.807, 2.05) is 0 Å². The van der Waals surface area contributed by atoms with E-state index in [-0.39, 0.29) is 23.4 Å². The highest BCUT2D eigenvalue weighted by Crippen LogP contribution is 2.16. The second-order valence-electron chi connectivity index (χ2n) is 4.03. The van der Waals surface area contributed by atoms with Gasteiger partial charge in [-0.3, -0.25) is 9.59 Å². The number of carbonyl (C=O) groups is 6. The van der Waals surface area contributed by atoms with Gasteiger partial charge in [-0.2, -0.15) is 0 Å². The molecule has 13 nitrogen and oxygen atoms in total. The quantitative estimate of drug-likeness (QED) is 0.109. The van der Waals surface area contributed by atoms with Crippen LogP contribution in [0.15, 0.2) is 22.5 Å². The molecule has 0 bridgehead atoms. The molecule has 7 N–H and O–H groups in total. The lowest BCUT2D eigenvalue weighted by molar-refractivity contribution is -0.154. The number of carboxylic acids is 2. The Labute approximate surface area is 159 Å². The van der Waals surface area contributed by atoms with Gasteiger partial charge >= 0.3 is 23.9 Å². The fourth-order valence-corrected chi connectivity index (χ4v) is 1.35. The monoisotopic (exact) mass is 405 g/mol. The van der Waals surface area contributed by atoms with Crippen molar-refractivity contribution >= 4 is 36.3 Å². The Balaban J connectivity index is -0.000000381. The topological polar surface area (TPSA) is 225 Å². The average molecular weight is 405 g/mol. The Hall–Kier alpha value is -3.58. The zero-order valence-electron chi connectivity index (χ0n) is 15.9. The molecule has 0 saturated carbocycles. The highest BCUT2D eigenvalue weighted by molar-refractivity contribution is 6.18. The summed E-state index contributed by atoms with van der Waals surface area (Å²) >= 11 is 0. The molecule has 0 spiro atoms. The van der Waals surface area contributed by atoms with Gasteiger partial charge in [-0.1, -0.05) is 0 Å². The van der Waals surface area contributed by atoms with Crippen LogP contribution in [0.1, 0.15) is 13.8 Å². The first kappa shape index (κ1) is 29.2. The Morgan fingerprint density at radius 3 is 1.71 bits per heavy atom. The number of hydrogen-bond donors (Lipinski definition) is 5. The molecule has 1 rings (SSSR count). The second-order valence-corrected chi connectivity index (χ2v) is 4.03. The number of cyclic esters (lactones) is 2. The summed E-state index contributed by atoms with van der Waals surface area (Å²) in [6, 6.07) is 0. The van der Waals surface area contributed by atoms with Crippen molar-refractivity contribution in [3.8, 4) is 0 Å². The summed E-state index contributed by atoms with van der Waals surface area (Å²) in [5.74, 6) is -6.00. The van der Waals surface area contributed by atoms with Crippen LogP contribution in [0.5, 0.6) is 0 Å². The molecule has 158 valence electrons. The van der Waals surface area contributed by atoms with Gasteiger partial charge in [-0.05, 0) is 27.9 Å². The summed E-state index contributed by atoms with van der Waals surface area (Å²) in [6.07, 6.45) is 0. The zero-order chi connectivity index (χ0) is 23.0. The van der Waals surface area contributed by atoms with Crippen LogP contribution in [0, 0.1) is 0 Å². The number of ether oxygens (including phenoxy) is 2. The van der Waals surface area contributed by atoms with Crippen molar-refractivity contribution in [2.24, 2.45) is 11.5 Å². The summed E-state index contributed by atoms with van der Waals surface area (Å²) in [5, 5.41) is 19.0. The first-order valence-corrected chi connectivity index (χ1v) is 7.21. The molecule has 0 aromatic heterocycles. The third-order valence-electron chi connectivity index (χ3n) is 2.55. The van der Waals surface area contributed by atoms with Crippen LogP contribution in [0.25, 0.3) is 0 Å². The lowest BCUT2D eigenvalue weighted by Crippen LogP contribution is -2.24. The van der Waals surface area contributed by atoms with E-state index in [1.54, 1.807) is 0 Å². The standard InChI is InChI=1S/C7H9NO5.C6H4O5.2CH5N/c1-3(5(9)8-2)4(6(10)11)7(12)13;1-3-4(10-2-7)6(9)11-5(3)8;2*1-2/h1-2H3,(H,8,9)(H,10,11)(H,12,13);2H,1H3;2*2H2,1H3. The van der Waals surface area contributed by atoms with E-state index >= 15 is 0 Å². The molecule has 1 heterocycles. The van der Waals surface area contributed by atoms with Gasteiger partial charge in [0.2, 0.25) is 11.7 Å². The molecule has 0 fully saturated rings. The summed E-state index contributed by atoms with van der Waals surface area (Å²) in [6.45, 7) is 2.54. The smallest absolute Gasteiger partial charge is 0.382 e. The van der Waals surface area contributed by atoms with Gasteiger partial charge in [0.1, 0.15) is 0 Å². The van der Waals surface area contributed by atoms with Crippen LogP contribution in [0.3, 0.4) is 0 Å². The highest BCUT2D eigenvalue weighted by Gasteiger charge is 2.31. The number of carbonyl (C=O) groups excluding carboxylic acids is 4. The SMILES string of the molecule is CC1=C(OC=O)C(=O)OC1=O.CN.CN.CNC(=O)C(C)=C(C(=O)O)C(=O)O. The highest BCUT2D eigenvalue weighted by atomic mass is 16.6. The van der Waals surface area contributed by atoms with E-state index < -0.39 is 35.4 Å². The lowest BCUT2D eigenvalue weighted by Gasteiger charge is -2.01. The molecule has 0 radical (unpaired) electrons. The normalized spacial score (nSPS) is 11.1. The van der Waals surface area contributed by atoms with Crippen LogP contribution >= 0.6 is 0 Å². The number of nitrogens with two attached hydrogens (primary N) is 2. The number of nitrogens with one attached hydrogen (secondary N) is 1. The van der Waals surface area contributed by atoms with Crippen molar-refractivity contribution in [1.29, 1.82) is 0 Å². The van der Waals surface area contributed by atoms with Gasteiger partial charge < -0.3 is 36.5 Å². The average Bonchev–Trinajstić information content (AvgIpc) is 2.90. The number of hydrogen-bond acceptors (Lipinski definition) is 10. The van der Waals surface area contributed by atoms with Gasteiger partial charge in [0.25, 0.3) is 6.47 Å². The third-order valence-corrected chi connectivity index (χ3v) is 2.55. The maximum Gasteiger partial charge on any atom is 0.382 e. The van der Waals surface area contributed by atoms with E-state index in [0.29, 0.717) is 0 Å². The number of carboxylic acid groups (broad SMARTS) is 2. The zero-order valence-corrected chi connectivity index (χ0v) is 15.9. The number of aliphatic carboxylic acids is 2. The third kappa shape index (κ3) is 9.21. The van der Waals surface area contributed by atoms with Crippen molar-refractivity contribution < 1.29 is 48.5 Å². The Bertz CT molecular complexity index is 664. The van der Waals surface area contributed by atoms with E-state index in [2.05, 4.69) is 26.3 Å². The molecule has 0 unspecified atom stereocenters. The molecule has 0 aliphatic carbocycles. The minimum absolute atomic E-state index is 0.0158. The van der Waals surface area contributed by atoms with Crippen molar-refractivity contribution in [3.63, 3.8) is 0 Å². The largest absolute Gasteiger partial charge is 0.477 e. The van der Waals surface area contributed by atoms with Crippen molar-refractivity contribution in [2.75, 3.05) is 21.1 Å². The molecule has 1 aliphatic rings. The van der Waals surface area contributed by atoms with Crippen LogP contribution < -0.4 is 16.8 Å². The van der Waals surface area contributed by atoms with Crippen molar-refractivity contribution in [2.45, 2.75) is 13.8 Å². The lowest BCUT2D eigenvalue weighted by atomic mass is 10.1.